The third-order valence-electron chi connectivity index (χ3n) is 2.56. The molecule has 21 heavy (non-hydrogen) atoms. The van der Waals surface area contributed by atoms with Crippen molar-refractivity contribution in [3.8, 4) is 5.75 Å². The zero-order chi connectivity index (χ0) is 16.3. The largest absolute Gasteiger partial charge is 0.573 e. The number of rotatable bonds is 5. The highest BCUT2D eigenvalue weighted by Gasteiger charge is 2.31. The first-order valence-electron chi connectivity index (χ1n) is 6.39. The zero-order valence-electron chi connectivity index (χ0n) is 12.1. The predicted octanol–water partition coefficient (Wildman–Crippen LogP) is 2.82. The van der Waals surface area contributed by atoms with Crippen LogP contribution in [0.3, 0.4) is 0 Å². The zero-order valence-corrected chi connectivity index (χ0v) is 12.1. The third kappa shape index (κ3) is 6.03. The molecule has 0 aliphatic heterocycles. The lowest BCUT2D eigenvalue weighted by atomic mass is 10.1. The summed E-state index contributed by atoms with van der Waals surface area (Å²) in [5.41, 5.74) is -1.02. The number of benzene rings is 1. The number of halogens is 3. The first kappa shape index (κ1) is 17.3. The van der Waals surface area contributed by atoms with Crippen LogP contribution in [-0.4, -0.2) is 41.0 Å². The summed E-state index contributed by atoms with van der Waals surface area (Å²) < 4.78 is 40.3. The van der Waals surface area contributed by atoms with Gasteiger partial charge in [-0.25, -0.2) is 0 Å². The number of hydrogen-bond acceptors (Lipinski definition) is 3. The quantitative estimate of drug-likeness (QED) is 0.910. The number of carbonyl (C=O) groups is 1. The number of hydrogen-bond donors (Lipinski definition) is 1. The van der Waals surface area contributed by atoms with Gasteiger partial charge >= 0.3 is 6.36 Å². The van der Waals surface area contributed by atoms with Gasteiger partial charge in [0.25, 0.3) is 5.91 Å². The lowest BCUT2D eigenvalue weighted by Gasteiger charge is -2.28. The van der Waals surface area contributed by atoms with E-state index in [1.807, 2.05) is 0 Å². The molecule has 0 saturated carbocycles. The average Bonchev–Trinajstić information content (AvgIpc) is 2.32. The van der Waals surface area contributed by atoms with Crippen molar-refractivity contribution in [2.45, 2.75) is 32.7 Å². The van der Waals surface area contributed by atoms with Crippen LogP contribution < -0.4 is 4.74 Å². The number of alkyl halides is 3. The maximum atomic E-state index is 12.2. The van der Waals surface area contributed by atoms with Crippen LogP contribution in [0.5, 0.6) is 5.75 Å². The van der Waals surface area contributed by atoms with Crippen molar-refractivity contribution in [1.29, 1.82) is 0 Å². The molecular weight excluding hydrogens is 287 g/mol. The lowest BCUT2D eigenvalue weighted by Crippen LogP contribution is -2.42. The molecule has 1 aromatic rings. The van der Waals surface area contributed by atoms with Crippen molar-refractivity contribution < 1.29 is 27.8 Å². The number of amides is 1. The van der Waals surface area contributed by atoms with Crippen LogP contribution in [0.4, 0.5) is 13.2 Å². The average molecular weight is 305 g/mol. The highest BCUT2D eigenvalue weighted by atomic mass is 19.4. The summed E-state index contributed by atoms with van der Waals surface area (Å²) >= 11 is 0. The lowest BCUT2D eigenvalue weighted by molar-refractivity contribution is -0.274. The molecule has 0 unspecified atom stereocenters. The molecule has 0 aliphatic rings. The first-order chi connectivity index (χ1) is 9.52. The molecule has 1 rings (SSSR count). The summed E-state index contributed by atoms with van der Waals surface area (Å²) in [6.07, 6.45) is -4.81. The van der Waals surface area contributed by atoms with E-state index in [0.717, 1.165) is 12.1 Å². The van der Waals surface area contributed by atoms with Crippen molar-refractivity contribution in [3.05, 3.63) is 29.8 Å². The third-order valence-corrected chi connectivity index (χ3v) is 2.56. The van der Waals surface area contributed by atoms with Gasteiger partial charge < -0.3 is 14.7 Å². The topological polar surface area (TPSA) is 49.8 Å². The van der Waals surface area contributed by atoms with Gasteiger partial charge in [0.2, 0.25) is 0 Å². The molecule has 4 nitrogen and oxygen atoms in total. The summed E-state index contributed by atoms with van der Waals surface area (Å²) in [4.78, 5) is 13.6. The summed E-state index contributed by atoms with van der Waals surface area (Å²) in [7, 11) is 0. The molecule has 7 heteroatoms. The second-order valence-electron chi connectivity index (χ2n) is 5.21. The molecule has 1 aromatic carbocycles. The van der Waals surface area contributed by atoms with Gasteiger partial charge in [0.1, 0.15) is 5.75 Å². The van der Waals surface area contributed by atoms with Crippen LogP contribution >= 0.6 is 0 Å². The Morgan fingerprint density at radius 1 is 1.33 bits per heavy atom. The van der Waals surface area contributed by atoms with Crippen LogP contribution in [0.1, 0.15) is 31.1 Å². The minimum absolute atomic E-state index is 0.0721. The smallest absolute Gasteiger partial charge is 0.406 e. The van der Waals surface area contributed by atoms with Crippen LogP contribution in [0, 0.1) is 0 Å². The maximum Gasteiger partial charge on any atom is 0.573 e. The summed E-state index contributed by atoms with van der Waals surface area (Å²) in [6.45, 7) is 5.22. The minimum atomic E-state index is -4.81. The number of nitrogens with zero attached hydrogens (tertiary/aromatic N) is 1. The van der Waals surface area contributed by atoms with E-state index in [1.54, 1.807) is 20.8 Å². The van der Waals surface area contributed by atoms with Crippen LogP contribution in [0.2, 0.25) is 0 Å². The van der Waals surface area contributed by atoms with Crippen LogP contribution in [0.25, 0.3) is 0 Å². The van der Waals surface area contributed by atoms with Gasteiger partial charge in [0.05, 0.1) is 5.60 Å². The van der Waals surface area contributed by atoms with Gasteiger partial charge in [-0.1, -0.05) is 6.07 Å². The van der Waals surface area contributed by atoms with Gasteiger partial charge in [-0.2, -0.15) is 0 Å². The van der Waals surface area contributed by atoms with Crippen molar-refractivity contribution in [3.63, 3.8) is 0 Å². The van der Waals surface area contributed by atoms with Crippen LogP contribution in [-0.2, 0) is 0 Å². The molecule has 0 fully saturated rings. The Balaban J connectivity index is 2.93. The first-order valence-corrected chi connectivity index (χ1v) is 6.39. The Morgan fingerprint density at radius 2 is 1.95 bits per heavy atom. The Labute approximate surface area is 121 Å². The fourth-order valence-corrected chi connectivity index (χ4v) is 1.80. The van der Waals surface area contributed by atoms with E-state index in [0.29, 0.717) is 6.54 Å². The second-order valence-corrected chi connectivity index (χ2v) is 5.21. The van der Waals surface area contributed by atoms with Crippen molar-refractivity contribution in [1.82, 2.24) is 4.90 Å². The van der Waals surface area contributed by atoms with Gasteiger partial charge in [0.15, 0.2) is 0 Å². The fourth-order valence-electron chi connectivity index (χ4n) is 1.80. The molecule has 0 spiro atoms. The van der Waals surface area contributed by atoms with E-state index >= 15 is 0 Å². The summed E-state index contributed by atoms with van der Waals surface area (Å²) in [6, 6.07) is 4.87. The van der Waals surface area contributed by atoms with E-state index in [2.05, 4.69) is 4.74 Å². The Morgan fingerprint density at radius 3 is 2.43 bits per heavy atom. The fraction of sp³-hybridized carbons (Fsp3) is 0.500. The second kappa shape index (κ2) is 6.34. The molecule has 0 atom stereocenters. The maximum absolute atomic E-state index is 12.2. The van der Waals surface area contributed by atoms with E-state index in [-0.39, 0.29) is 12.1 Å². The highest BCUT2D eigenvalue weighted by molar-refractivity contribution is 5.94. The molecule has 0 radical (unpaired) electrons. The standard InChI is InChI=1S/C14H18F3NO3/c1-4-18(9-13(2,3)20)12(19)10-6-5-7-11(8-10)21-14(15,16)17/h5-8,20H,4,9H2,1-3H3. The molecule has 1 amide bonds. The molecule has 118 valence electrons. The molecular formula is C14H18F3NO3. The van der Waals surface area contributed by atoms with E-state index < -0.39 is 23.6 Å². The van der Waals surface area contributed by atoms with Crippen molar-refractivity contribution in [2.75, 3.05) is 13.1 Å². The van der Waals surface area contributed by atoms with E-state index in [9.17, 15) is 23.1 Å². The Hall–Kier alpha value is -1.76. The SMILES string of the molecule is CCN(CC(C)(C)O)C(=O)c1cccc(OC(F)(F)F)c1. The molecule has 0 saturated heterocycles. The van der Waals surface area contributed by atoms with Gasteiger partial charge in [0, 0.05) is 18.7 Å². The predicted molar refractivity (Wildman–Crippen MR) is 71.0 cm³/mol. The molecule has 0 aliphatic carbocycles. The van der Waals surface area contributed by atoms with Crippen molar-refractivity contribution in [2.24, 2.45) is 0 Å². The number of carbonyl (C=O) groups excluding carboxylic acids is 1. The summed E-state index contributed by atoms with van der Waals surface area (Å²) in [5, 5.41) is 9.76. The van der Waals surface area contributed by atoms with Gasteiger partial charge in [-0.3, -0.25) is 4.79 Å². The number of ether oxygens (including phenoxy) is 1. The van der Waals surface area contributed by atoms with Gasteiger partial charge in [-0.05, 0) is 39.0 Å². The Kier molecular flexibility index (Phi) is 5.22. The van der Waals surface area contributed by atoms with Crippen molar-refractivity contribution >= 4 is 5.91 Å². The molecule has 0 heterocycles. The molecule has 1 N–H and O–H groups in total. The highest BCUT2D eigenvalue weighted by Crippen LogP contribution is 2.24. The Bertz CT molecular complexity index is 495. The molecule has 0 bridgehead atoms. The molecule has 0 aromatic heterocycles. The number of aliphatic hydroxyl groups is 1. The summed E-state index contributed by atoms with van der Waals surface area (Å²) in [5.74, 6) is -0.917. The normalized spacial score (nSPS) is 12.1. The number of likely N-dealkylation sites (N-methyl/N-ethyl adjacent to an activating group) is 1. The minimum Gasteiger partial charge on any atom is -0.406 e. The van der Waals surface area contributed by atoms with E-state index in [1.165, 1.54) is 17.0 Å². The monoisotopic (exact) mass is 305 g/mol. The van der Waals surface area contributed by atoms with E-state index in [4.69, 9.17) is 0 Å². The van der Waals surface area contributed by atoms with Gasteiger partial charge in [-0.15, -0.1) is 13.2 Å². The van der Waals surface area contributed by atoms with Crippen LogP contribution in [0.15, 0.2) is 24.3 Å².